The van der Waals surface area contributed by atoms with E-state index in [9.17, 15) is 4.79 Å². The minimum Gasteiger partial charge on any atom is -0.469 e. The van der Waals surface area contributed by atoms with Crippen LogP contribution in [0.5, 0.6) is 0 Å². The van der Waals surface area contributed by atoms with Crippen LogP contribution < -0.4 is 0 Å². The van der Waals surface area contributed by atoms with Crippen molar-refractivity contribution in [2.45, 2.75) is 44.3 Å². The van der Waals surface area contributed by atoms with Crippen molar-refractivity contribution in [2.24, 2.45) is 0 Å². The van der Waals surface area contributed by atoms with E-state index >= 15 is 0 Å². The fourth-order valence-corrected chi connectivity index (χ4v) is 4.36. The average Bonchev–Trinajstić information content (AvgIpc) is 3.30. The van der Waals surface area contributed by atoms with E-state index in [4.69, 9.17) is 13.9 Å². The van der Waals surface area contributed by atoms with E-state index in [0.29, 0.717) is 37.6 Å². The van der Waals surface area contributed by atoms with Gasteiger partial charge in [0, 0.05) is 13.1 Å². The van der Waals surface area contributed by atoms with Crippen molar-refractivity contribution in [1.82, 2.24) is 9.80 Å². The third-order valence-corrected chi connectivity index (χ3v) is 5.73. The summed E-state index contributed by atoms with van der Waals surface area (Å²) in [6.45, 7) is 7.56. The van der Waals surface area contributed by atoms with Gasteiger partial charge in [0.25, 0.3) is 5.91 Å². The smallest absolute Gasteiger partial charge is 0.257 e. The molecule has 0 saturated carbocycles. The van der Waals surface area contributed by atoms with Gasteiger partial charge in [-0.1, -0.05) is 0 Å². The molecule has 0 radical (unpaired) electrons. The third kappa shape index (κ3) is 3.61. The molecule has 6 nitrogen and oxygen atoms in total. The van der Waals surface area contributed by atoms with Gasteiger partial charge in [-0.05, 0) is 51.8 Å². The molecule has 3 saturated heterocycles. The van der Waals surface area contributed by atoms with Gasteiger partial charge in [0.1, 0.15) is 11.4 Å². The predicted molar refractivity (Wildman–Crippen MR) is 92.7 cm³/mol. The van der Waals surface area contributed by atoms with Crippen LogP contribution in [0.15, 0.2) is 16.7 Å². The number of hydrogen-bond donors (Lipinski definition) is 0. The molecule has 0 bridgehead atoms. The van der Waals surface area contributed by atoms with Crippen LogP contribution >= 0.6 is 0 Å². The van der Waals surface area contributed by atoms with Crippen molar-refractivity contribution >= 4 is 5.91 Å². The molecular weight excluding hydrogens is 320 g/mol. The van der Waals surface area contributed by atoms with Crippen LogP contribution in [0, 0.1) is 6.92 Å². The number of amides is 1. The monoisotopic (exact) mass is 348 g/mol. The second-order valence-corrected chi connectivity index (χ2v) is 7.64. The molecular formula is C19H28N2O4. The van der Waals surface area contributed by atoms with Crippen molar-refractivity contribution in [2.75, 3.05) is 45.9 Å². The lowest BCUT2D eigenvalue weighted by Gasteiger charge is -2.32. The maximum Gasteiger partial charge on any atom is 0.257 e. The molecule has 1 spiro atoms. The second-order valence-electron chi connectivity index (χ2n) is 7.64. The summed E-state index contributed by atoms with van der Waals surface area (Å²) in [5, 5.41) is 0. The van der Waals surface area contributed by atoms with E-state index in [1.165, 1.54) is 25.9 Å². The molecule has 0 aromatic carbocycles. The lowest BCUT2D eigenvalue weighted by atomic mass is 9.99. The van der Waals surface area contributed by atoms with Crippen molar-refractivity contribution < 1.29 is 18.7 Å². The first-order valence-electron chi connectivity index (χ1n) is 9.47. The van der Waals surface area contributed by atoms with Gasteiger partial charge >= 0.3 is 0 Å². The first-order valence-corrected chi connectivity index (χ1v) is 9.47. The van der Waals surface area contributed by atoms with E-state index in [0.717, 1.165) is 19.4 Å². The molecule has 2 unspecified atom stereocenters. The van der Waals surface area contributed by atoms with Crippen LogP contribution in [0.1, 0.15) is 41.8 Å². The Morgan fingerprint density at radius 2 is 2.16 bits per heavy atom. The highest BCUT2D eigenvalue weighted by molar-refractivity contribution is 5.95. The van der Waals surface area contributed by atoms with Gasteiger partial charge in [-0.2, -0.15) is 0 Å². The zero-order valence-corrected chi connectivity index (χ0v) is 15.0. The summed E-state index contributed by atoms with van der Waals surface area (Å²) in [7, 11) is 0. The highest BCUT2D eigenvalue weighted by atomic mass is 16.6. The maximum atomic E-state index is 12.9. The summed E-state index contributed by atoms with van der Waals surface area (Å²) in [5.41, 5.74) is 0.289. The highest BCUT2D eigenvalue weighted by Gasteiger charge is 2.44. The number of hydrogen-bond acceptors (Lipinski definition) is 5. The van der Waals surface area contributed by atoms with Crippen LogP contribution in [-0.4, -0.2) is 73.3 Å². The van der Waals surface area contributed by atoms with Gasteiger partial charge in [-0.15, -0.1) is 0 Å². The Morgan fingerprint density at radius 1 is 1.32 bits per heavy atom. The number of aryl methyl sites for hydroxylation is 1. The molecule has 3 aliphatic heterocycles. The van der Waals surface area contributed by atoms with Crippen molar-refractivity contribution in [1.29, 1.82) is 0 Å². The molecule has 0 N–H and O–H groups in total. The van der Waals surface area contributed by atoms with Gasteiger partial charge in [0.15, 0.2) is 0 Å². The summed E-state index contributed by atoms with van der Waals surface area (Å²) in [6, 6.07) is 1.75. The number of likely N-dealkylation sites (tertiary alicyclic amines) is 1. The van der Waals surface area contributed by atoms with Crippen molar-refractivity contribution in [3.63, 3.8) is 0 Å². The molecule has 3 fully saturated rings. The molecule has 138 valence electrons. The number of furan rings is 1. The van der Waals surface area contributed by atoms with E-state index in [2.05, 4.69) is 4.90 Å². The number of carbonyl (C=O) groups is 1. The molecule has 3 aliphatic rings. The summed E-state index contributed by atoms with van der Waals surface area (Å²) in [5.74, 6) is 0.686. The Morgan fingerprint density at radius 3 is 2.92 bits per heavy atom. The Bertz CT molecular complexity index is 610. The second kappa shape index (κ2) is 7.09. The lowest BCUT2D eigenvalue weighted by Crippen LogP contribution is -2.47. The van der Waals surface area contributed by atoms with Crippen molar-refractivity contribution in [3.8, 4) is 0 Å². The maximum absolute atomic E-state index is 12.9. The first kappa shape index (κ1) is 17.1. The number of nitrogens with zero attached hydrogens (tertiary/aromatic N) is 2. The minimum atomic E-state index is -0.353. The molecule has 1 aromatic heterocycles. The quantitative estimate of drug-likeness (QED) is 0.837. The average molecular weight is 348 g/mol. The highest BCUT2D eigenvalue weighted by Crippen LogP contribution is 2.34. The molecule has 25 heavy (non-hydrogen) atoms. The predicted octanol–water partition coefficient (Wildman–Crippen LogP) is 2.07. The Kier molecular flexibility index (Phi) is 4.84. The minimum absolute atomic E-state index is 0.0164. The van der Waals surface area contributed by atoms with Gasteiger partial charge in [0.05, 0.1) is 37.7 Å². The van der Waals surface area contributed by atoms with E-state index in [1.54, 1.807) is 12.3 Å². The van der Waals surface area contributed by atoms with Crippen LogP contribution in [-0.2, 0) is 9.47 Å². The normalized spacial score (nSPS) is 30.9. The molecule has 2 atom stereocenters. The molecule has 1 aromatic rings. The van der Waals surface area contributed by atoms with Crippen LogP contribution in [0.4, 0.5) is 0 Å². The van der Waals surface area contributed by atoms with Crippen LogP contribution in [0.25, 0.3) is 0 Å². The lowest BCUT2D eigenvalue weighted by molar-refractivity contribution is -0.0890. The molecule has 6 heteroatoms. The van der Waals surface area contributed by atoms with Crippen molar-refractivity contribution in [3.05, 3.63) is 23.7 Å². The van der Waals surface area contributed by atoms with Gasteiger partial charge in [-0.3, -0.25) is 4.79 Å². The first-order chi connectivity index (χ1) is 12.2. The number of carbonyl (C=O) groups excluding carboxylic acids is 1. The summed E-state index contributed by atoms with van der Waals surface area (Å²) in [6.07, 6.45) is 6.44. The standard InChI is InChI=1S/C19H28N2O4/c1-15-17(5-10-24-15)18(22)21-9-11-23-14-19(13-21)6-4-16(25-19)12-20-7-2-3-8-20/h5,10,16H,2-4,6-9,11-14H2,1H3. The SMILES string of the molecule is Cc1occc1C(=O)N1CCOCC2(CCC(CN3CCCC3)O2)C1. The molecule has 4 rings (SSSR count). The zero-order valence-electron chi connectivity index (χ0n) is 15.0. The third-order valence-electron chi connectivity index (χ3n) is 5.73. The summed E-state index contributed by atoms with van der Waals surface area (Å²) in [4.78, 5) is 17.3. The van der Waals surface area contributed by atoms with E-state index < -0.39 is 0 Å². The fraction of sp³-hybridized carbons (Fsp3) is 0.737. The van der Waals surface area contributed by atoms with E-state index in [1.807, 2.05) is 11.8 Å². The molecule has 4 heterocycles. The summed E-state index contributed by atoms with van der Waals surface area (Å²) >= 11 is 0. The fourth-order valence-electron chi connectivity index (χ4n) is 4.36. The topological polar surface area (TPSA) is 55.2 Å². The Balaban J connectivity index is 1.43. The van der Waals surface area contributed by atoms with Crippen LogP contribution in [0.3, 0.4) is 0 Å². The number of ether oxygens (including phenoxy) is 2. The Hall–Kier alpha value is -1.37. The zero-order chi connectivity index (χ0) is 17.3. The Labute approximate surface area is 149 Å². The largest absolute Gasteiger partial charge is 0.469 e. The number of rotatable bonds is 3. The molecule has 0 aliphatic carbocycles. The summed E-state index contributed by atoms with van der Waals surface area (Å²) < 4.78 is 17.6. The van der Waals surface area contributed by atoms with Crippen LogP contribution in [0.2, 0.25) is 0 Å². The molecule has 1 amide bonds. The van der Waals surface area contributed by atoms with Gasteiger partial charge < -0.3 is 23.7 Å². The van der Waals surface area contributed by atoms with E-state index in [-0.39, 0.29) is 17.6 Å². The van der Waals surface area contributed by atoms with Gasteiger partial charge in [0.2, 0.25) is 0 Å². The van der Waals surface area contributed by atoms with Gasteiger partial charge in [-0.25, -0.2) is 0 Å².